The summed E-state index contributed by atoms with van der Waals surface area (Å²) in [6, 6.07) is 10.6. The minimum absolute atomic E-state index is 0.00730. The standard InChI is InChI=1S/C20H35N5O/c1-16(2)17(3)23-20(22-15-19(26)24(4)5)21-13-10-14-25(6)18-11-8-7-9-12-18/h7-9,11-12,16-17H,10,13-15H2,1-6H3,(H2,21,22,23). The van der Waals surface area contributed by atoms with Crippen LogP contribution in [0.2, 0.25) is 0 Å². The van der Waals surface area contributed by atoms with E-state index < -0.39 is 0 Å². The van der Waals surface area contributed by atoms with Crippen LogP contribution in [0.15, 0.2) is 35.3 Å². The van der Waals surface area contributed by atoms with Crippen molar-refractivity contribution in [1.29, 1.82) is 0 Å². The van der Waals surface area contributed by atoms with E-state index in [0.29, 0.717) is 11.9 Å². The summed E-state index contributed by atoms with van der Waals surface area (Å²) in [5.74, 6) is 1.17. The van der Waals surface area contributed by atoms with E-state index in [-0.39, 0.29) is 18.5 Å². The fourth-order valence-electron chi connectivity index (χ4n) is 2.16. The molecular weight excluding hydrogens is 326 g/mol. The van der Waals surface area contributed by atoms with E-state index in [4.69, 9.17) is 0 Å². The van der Waals surface area contributed by atoms with Gasteiger partial charge in [-0.15, -0.1) is 0 Å². The number of anilines is 1. The molecule has 1 unspecified atom stereocenters. The number of carbonyl (C=O) groups is 1. The van der Waals surface area contributed by atoms with Gasteiger partial charge in [-0.2, -0.15) is 0 Å². The van der Waals surface area contributed by atoms with Crippen molar-refractivity contribution in [2.75, 3.05) is 45.7 Å². The zero-order valence-electron chi connectivity index (χ0n) is 17.1. The molecule has 1 aromatic rings. The Hall–Kier alpha value is -2.24. The van der Waals surface area contributed by atoms with Crippen molar-refractivity contribution < 1.29 is 4.79 Å². The van der Waals surface area contributed by atoms with E-state index >= 15 is 0 Å². The molecule has 2 N–H and O–H groups in total. The minimum Gasteiger partial charge on any atom is -0.375 e. The Bertz CT molecular complexity index is 557. The number of rotatable bonds is 9. The molecule has 0 saturated carbocycles. The van der Waals surface area contributed by atoms with Crippen LogP contribution in [-0.2, 0) is 4.79 Å². The molecule has 0 spiro atoms. The molecule has 0 fully saturated rings. The Morgan fingerprint density at radius 3 is 2.35 bits per heavy atom. The summed E-state index contributed by atoms with van der Waals surface area (Å²) in [5.41, 5.74) is 1.21. The van der Waals surface area contributed by atoms with Gasteiger partial charge in [-0.05, 0) is 31.4 Å². The summed E-state index contributed by atoms with van der Waals surface area (Å²) in [5, 5.41) is 6.73. The first-order valence-electron chi connectivity index (χ1n) is 9.32. The molecule has 6 heteroatoms. The molecule has 0 heterocycles. The van der Waals surface area contributed by atoms with Crippen molar-refractivity contribution >= 4 is 17.6 Å². The lowest BCUT2D eigenvalue weighted by Gasteiger charge is -2.22. The average Bonchev–Trinajstić information content (AvgIpc) is 2.62. The number of nitrogens with zero attached hydrogens (tertiary/aromatic N) is 3. The van der Waals surface area contributed by atoms with Crippen molar-refractivity contribution in [1.82, 2.24) is 15.5 Å². The SMILES string of the molecule is CC(C)C(C)NC(=NCC(=O)N(C)C)NCCCN(C)c1ccccc1. The van der Waals surface area contributed by atoms with Gasteiger partial charge in [0.15, 0.2) is 5.96 Å². The van der Waals surface area contributed by atoms with Crippen molar-refractivity contribution in [2.45, 2.75) is 33.2 Å². The smallest absolute Gasteiger partial charge is 0.243 e. The molecule has 146 valence electrons. The zero-order chi connectivity index (χ0) is 19.5. The monoisotopic (exact) mass is 361 g/mol. The highest BCUT2D eigenvalue weighted by Crippen LogP contribution is 2.10. The van der Waals surface area contributed by atoms with Crippen molar-refractivity contribution in [3.05, 3.63) is 30.3 Å². The molecule has 1 aromatic carbocycles. The normalized spacial score (nSPS) is 12.7. The van der Waals surface area contributed by atoms with Gasteiger partial charge in [-0.1, -0.05) is 32.0 Å². The second kappa shape index (κ2) is 11.4. The summed E-state index contributed by atoms with van der Waals surface area (Å²) >= 11 is 0. The third-order valence-electron chi connectivity index (χ3n) is 4.40. The Morgan fingerprint density at radius 2 is 1.77 bits per heavy atom. The van der Waals surface area contributed by atoms with Crippen molar-refractivity contribution in [3.8, 4) is 0 Å². The van der Waals surface area contributed by atoms with Crippen LogP contribution in [0, 0.1) is 5.92 Å². The van der Waals surface area contributed by atoms with Crippen molar-refractivity contribution in [2.24, 2.45) is 10.9 Å². The number of carbonyl (C=O) groups excluding carboxylic acids is 1. The lowest BCUT2D eigenvalue weighted by Crippen LogP contribution is -2.45. The van der Waals surface area contributed by atoms with Crippen LogP contribution >= 0.6 is 0 Å². The lowest BCUT2D eigenvalue weighted by molar-refractivity contribution is -0.127. The number of para-hydroxylation sites is 1. The van der Waals surface area contributed by atoms with Crippen molar-refractivity contribution in [3.63, 3.8) is 0 Å². The first-order valence-corrected chi connectivity index (χ1v) is 9.32. The topological polar surface area (TPSA) is 60.0 Å². The minimum atomic E-state index is -0.00730. The summed E-state index contributed by atoms with van der Waals surface area (Å²) in [6.07, 6.45) is 0.976. The molecule has 1 atom stereocenters. The summed E-state index contributed by atoms with van der Waals surface area (Å²) in [6.45, 7) is 8.34. The number of nitrogens with one attached hydrogen (secondary N) is 2. The highest BCUT2D eigenvalue weighted by molar-refractivity contribution is 5.84. The first kappa shape index (κ1) is 21.8. The molecule has 0 saturated heterocycles. The molecule has 0 radical (unpaired) electrons. The third-order valence-corrected chi connectivity index (χ3v) is 4.40. The third kappa shape index (κ3) is 8.23. The summed E-state index contributed by atoms with van der Waals surface area (Å²) in [7, 11) is 5.59. The maximum absolute atomic E-state index is 11.8. The van der Waals surface area contributed by atoms with Crippen LogP contribution in [0.25, 0.3) is 0 Å². The van der Waals surface area contributed by atoms with E-state index in [0.717, 1.165) is 19.5 Å². The van der Waals surface area contributed by atoms with Gasteiger partial charge >= 0.3 is 0 Å². The first-order chi connectivity index (χ1) is 12.3. The van der Waals surface area contributed by atoms with Crippen LogP contribution in [0.5, 0.6) is 0 Å². The summed E-state index contributed by atoms with van der Waals surface area (Å²) < 4.78 is 0. The van der Waals surface area contributed by atoms with Gasteiger partial charge in [-0.25, -0.2) is 4.99 Å². The number of amides is 1. The second-order valence-corrected chi connectivity index (χ2v) is 7.17. The largest absolute Gasteiger partial charge is 0.375 e. The second-order valence-electron chi connectivity index (χ2n) is 7.17. The Morgan fingerprint density at radius 1 is 1.12 bits per heavy atom. The molecule has 1 rings (SSSR count). The lowest BCUT2D eigenvalue weighted by atomic mass is 10.1. The highest BCUT2D eigenvalue weighted by Gasteiger charge is 2.10. The molecule has 0 aliphatic rings. The fraction of sp³-hybridized carbons (Fsp3) is 0.600. The van der Waals surface area contributed by atoms with Gasteiger partial charge in [0, 0.05) is 46.0 Å². The van der Waals surface area contributed by atoms with Crippen LogP contribution in [0.3, 0.4) is 0 Å². The Balaban J connectivity index is 2.51. The maximum Gasteiger partial charge on any atom is 0.243 e. The van der Waals surface area contributed by atoms with E-state index in [1.54, 1.807) is 19.0 Å². The number of benzene rings is 1. The molecule has 0 bridgehead atoms. The Kier molecular flexibility index (Phi) is 9.55. The van der Waals surface area contributed by atoms with E-state index in [1.165, 1.54) is 5.69 Å². The highest BCUT2D eigenvalue weighted by atomic mass is 16.2. The van der Waals surface area contributed by atoms with Gasteiger partial charge in [0.1, 0.15) is 6.54 Å². The molecule has 0 aliphatic heterocycles. The van der Waals surface area contributed by atoms with Gasteiger partial charge in [0.05, 0.1) is 0 Å². The number of hydrogen-bond donors (Lipinski definition) is 2. The summed E-state index contributed by atoms with van der Waals surface area (Å²) in [4.78, 5) is 20.0. The van der Waals surface area contributed by atoms with E-state index in [2.05, 4.69) is 60.5 Å². The average molecular weight is 362 g/mol. The number of guanidine groups is 1. The van der Waals surface area contributed by atoms with Gasteiger partial charge in [0.25, 0.3) is 0 Å². The van der Waals surface area contributed by atoms with Crippen LogP contribution < -0.4 is 15.5 Å². The number of aliphatic imine (C=N–C) groups is 1. The van der Waals surface area contributed by atoms with E-state index in [1.807, 2.05) is 18.2 Å². The molecule has 0 aromatic heterocycles. The number of hydrogen-bond acceptors (Lipinski definition) is 3. The van der Waals surface area contributed by atoms with Crippen LogP contribution in [0.1, 0.15) is 27.2 Å². The number of likely N-dealkylation sites (N-methyl/N-ethyl adjacent to an activating group) is 1. The Labute approximate surface area is 158 Å². The fourth-order valence-corrected chi connectivity index (χ4v) is 2.16. The van der Waals surface area contributed by atoms with Crippen LogP contribution in [0.4, 0.5) is 5.69 Å². The molecule has 6 nitrogen and oxygen atoms in total. The zero-order valence-corrected chi connectivity index (χ0v) is 17.1. The quantitative estimate of drug-likeness (QED) is 0.402. The van der Waals surface area contributed by atoms with Gasteiger partial charge in [0.2, 0.25) is 5.91 Å². The predicted octanol–water partition coefficient (Wildman–Crippen LogP) is 2.18. The van der Waals surface area contributed by atoms with Gasteiger partial charge in [-0.3, -0.25) is 4.79 Å². The van der Waals surface area contributed by atoms with Crippen LogP contribution in [-0.4, -0.2) is 63.6 Å². The maximum atomic E-state index is 11.8. The molecular formula is C20H35N5O. The van der Waals surface area contributed by atoms with Gasteiger partial charge < -0.3 is 20.4 Å². The van der Waals surface area contributed by atoms with E-state index in [9.17, 15) is 4.79 Å². The molecule has 0 aliphatic carbocycles. The molecule has 26 heavy (non-hydrogen) atoms. The predicted molar refractivity (Wildman–Crippen MR) is 111 cm³/mol. The molecule has 1 amide bonds.